The van der Waals surface area contributed by atoms with Crippen LogP contribution in [0.4, 0.5) is 11.5 Å². The van der Waals surface area contributed by atoms with Crippen molar-refractivity contribution in [3.8, 4) is 11.8 Å². The van der Waals surface area contributed by atoms with Gasteiger partial charge in [0.05, 0.1) is 16.6 Å². The lowest BCUT2D eigenvalue weighted by molar-refractivity contribution is -0.117. The van der Waals surface area contributed by atoms with Crippen molar-refractivity contribution in [2.45, 2.75) is 17.9 Å². The molecule has 1 aromatic heterocycles. The smallest absolute Gasteiger partial charge is 0.264 e. The third kappa shape index (κ3) is 5.32. The van der Waals surface area contributed by atoms with Crippen molar-refractivity contribution in [1.29, 1.82) is 0 Å². The molecule has 0 aliphatic heterocycles. The first-order chi connectivity index (χ1) is 15.3. The van der Waals surface area contributed by atoms with Crippen LogP contribution in [0.1, 0.15) is 18.2 Å². The largest absolute Gasteiger partial charge is 0.309 e. The lowest BCUT2D eigenvalue weighted by atomic mass is 10.2. The van der Waals surface area contributed by atoms with Gasteiger partial charge in [-0.05, 0) is 56.3 Å². The van der Waals surface area contributed by atoms with Crippen LogP contribution in [0, 0.1) is 11.8 Å². The van der Waals surface area contributed by atoms with Gasteiger partial charge in [-0.15, -0.1) is 0 Å². The Labute approximate surface area is 188 Å². The van der Waals surface area contributed by atoms with E-state index < -0.39 is 16.1 Å². The number of carbonyl (C=O) groups is 1. The zero-order valence-electron chi connectivity index (χ0n) is 18.0. The molecule has 2 aromatic carbocycles. The average Bonchev–Trinajstić information content (AvgIpc) is 2.83. The zero-order chi connectivity index (χ0) is 23.1. The van der Waals surface area contributed by atoms with Crippen LogP contribution >= 0.6 is 0 Å². The maximum atomic E-state index is 13.1. The van der Waals surface area contributed by atoms with Crippen molar-refractivity contribution in [3.63, 3.8) is 0 Å². The number of anilines is 2. The molecule has 1 atom stereocenters. The lowest BCUT2D eigenvalue weighted by Crippen LogP contribution is -2.35. The monoisotopic (exact) mass is 448 g/mol. The molecule has 0 spiro atoms. The minimum absolute atomic E-state index is 0.157. The Morgan fingerprint density at radius 2 is 1.59 bits per heavy atom. The van der Waals surface area contributed by atoms with Crippen molar-refractivity contribution in [2.75, 3.05) is 23.7 Å². The van der Waals surface area contributed by atoms with Crippen molar-refractivity contribution in [3.05, 3.63) is 84.1 Å². The van der Waals surface area contributed by atoms with Crippen molar-refractivity contribution in [1.82, 2.24) is 10.3 Å². The number of nitrogens with zero attached hydrogens (tertiary/aromatic N) is 2. The van der Waals surface area contributed by atoms with Crippen molar-refractivity contribution >= 4 is 27.4 Å². The normalized spacial score (nSPS) is 11.7. The van der Waals surface area contributed by atoms with E-state index in [-0.39, 0.29) is 22.3 Å². The van der Waals surface area contributed by atoms with E-state index in [2.05, 4.69) is 27.5 Å². The first-order valence-electron chi connectivity index (χ1n) is 9.93. The van der Waals surface area contributed by atoms with Gasteiger partial charge in [-0.3, -0.25) is 9.10 Å². The van der Waals surface area contributed by atoms with Gasteiger partial charge in [0.25, 0.3) is 10.0 Å². The van der Waals surface area contributed by atoms with Gasteiger partial charge in [0.15, 0.2) is 0 Å². The van der Waals surface area contributed by atoms with Crippen LogP contribution in [-0.2, 0) is 14.8 Å². The Morgan fingerprint density at radius 3 is 2.22 bits per heavy atom. The van der Waals surface area contributed by atoms with Crippen molar-refractivity contribution in [2.24, 2.45) is 0 Å². The van der Waals surface area contributed by atoms with Gasteiger partial charge >= 0.3 is 0 Å². The fraction of sp³-hybridized carbons (Fsp3) is 0.167. The topological polar surface area (TPSA) is 91.4 Å². The summed E-state index contributed by atoms with van der Waals surface area (Å²) >= 11 is 0. The highest BCUT2D eigenvalue weighted by molar-refractivity contribution is 7.92. The maximum Gasteiger partial charge on any atom is 0.264 e. The van der Waals surface area contributed by atoms with E-state index in [4.69, 9.17) is 0 Å². The molecule has 0 aliphatic carbocycles. The van der Waals surface area contributed by atoms with Crippen LogP contribution in [0.3, 0.4) is 0 Å². The molecule has 3 rings (SSSR count). The van der Waals surface area contributed by atoms with E-state index in [9.17, 15) is 13.2 Å². The zero-order valence-corrected chi connectivity index (χ0v) is 18.8. The van der Waals surface area contributed by atoms with E-state index >= 15 is 0 Å². The van der Waals surface area contributed by atoms with Crippen LogP contribution in [0.5, 0.6) is 0 Å². The number of benzene rings is 2. The summed E-state index contributed by atoms with van der Waals surface area (Å²) in [4.78, 5) is 16.8. The van der Waals surface area contributed by atoms with Gasteiger partial charge in [-0.2, -0.15) is 0 Å². The van der Waals surface area contributed by atoms with Crippen LogP contribution in [-0.4, -0.2) is 39.4 Å². The van der Waals surface area contributed by atoms with Crippen LogP contribution in [0.2, 0.25) is 0 Å². The van der Waals surface area contributed by atoms with Crippen LogP contribution < -0.4 is 14.9 Å². The average molecular weight is 449 g/mol. The predicted octanol–water partition coefficient (Wildman–Crippen LogP) is 2.85. The van der Waals surface area contributed by atoms with E-state index in [1.807, 2.05) is 30.3 Å². The summed E-state index contributed by atoms with van der Waals surface area (Å²) in [5.74, 6) is 5.98. The highest BCUT2D eigenvalue weighted by atomic mass is 32.2. The fourth-order valence-corrected chi connectivity index (χ4v) is 3.99. The van der Waals surface area contributed by atoms with Crippen molar-refractivity contribution < 1.29 is 13.2 Å². The van der Waals surface area contributed by atoms with Crippen LogP contribution in [0.25, 0.3) is 0 Å². The van der Waals surface area contributed by atoms with E-state index in [1.165, 1.54) is 19.2 Å². The fourth-order valence-electron chi connectivity index (χ4n) is 2.77. The number of likely N-dealkylation sites (N-methyl/N-ethyl adjacent to an activating group) is 1. The minimum atomic E-state index is -3.82. The first kappa shape index (κ1) is 23.0. The van der Waals surface area contributed by atoms with E-state index in [0.717, 1.165) is 9.87 Å². The van der Waals surface area contributed by atoms with Gasteiger partial charge in [-0.25, -0.2) is 13.4 Å². The molecule has 1 unspecified atom stereocenters. The van der Waals surface area contributed by atoms with Gasteiger partial charge in [0.2, 0.25) is 5.91 Å². The number of aromatic nitrogens is 1. The van der Waals surface area contributed by atoms with Gasteiger partial charge in [0, 0.05) is 12.6 Å². The van der Waals surface area contributed by atoms with Crippen LogP contribution in [0.15, 0.2) is 77.7 Å². The van der Waals surface area contributed by atoms with Gasteiger partial charge in [0.1, 0.15) is 11.5 Å². The lowest BCUT2D eigenvalue weighted by Gasteiger charge is -2.21. The number of hydrogen-bond donors (Lipinski definition) is 2. The summed E-state index contributed by atoms with van der Waals surface area (Å²) in [5, 5.41) is 5.58. The molecule has 0 fully saturated rings. The number of nitrogens with one attached hydrogen (secondary N) is 2. The molecule has 0 bridgehead atoms. The Morgan fingerprint density at radius 1 is 0.969 bits per heavy atom. The summed E-state index contributed by atoms with van der Waals surface area (Å²) in [6.07, 6.45) is 0. The molecule has 2 N–H and O–H groups in total. The molecule has 0 radical (unpaired) electrons. The Hall–Kier alpha value is -3.67. The molecule has 1 amide bonds. The summed E-state index contributed by atoms with van der Waals surface area (Å²) in [7, 11) is -0.688. The number of rotatable bonds is 6. The third-order valence-electron chi connectivity index (χ3n) is 4.79. The highest BCUT2D eigenvalue weighted by Gasteiger charge is 2.24. The number of carbonyl (C=O) groups excluding carboxylic acids is 1. The molecule has 3 aromatic rings. The van der Waals surface area contributed by atoms with E-state index in [0.29, 0.717) is 5.69 Å². The minimum Gasteiger partial charge on any atom is -0.309 e. The second-order valence-corrected chi connectivity index (χ2v) is 8.93. The summed E-state index contributed by atoms with van der Waals surface area (Å²) in [6, 6.07) is 20.2. The third-order valence-corrected chi connectivity index (χ3v) is 6.58. The molecule has 0 saturated carbocycles. The van der Waals surface area contributed by atoms with Gasteiger partial charge < -0.3 is 10.6 Å². The molecule has 0 saturated heterocycles. The SMILES string of the molecule is CNC(C)C(=O)Nc1ccc(N(C)S(=O)(=O)c2ccccc2)c(C#Cc2ccccc2)n1. The first-order valence-corrected chi connectivity index (χ1v) is 11.4. The molecule has 1 heterocycles. The number of amides is 1. The Balaban J connectivity index is 2.04. The predicted molar refractivity (Wildman–Crippen MR) is 126 cm³/mol. The summed E-state index contributed by atoms with van der Waals surface area (Å²) < 4.78 is 27.4. The molecule has 7 nitrogen and oxygen atoms in total. The highest BCUT2D eigenvalue weighted by Crippen LogP contribution is 2.26. The molecule has 32 heavy (non-hydrogen) atoms. The van der Waals surface area contributed by atoms with Gasteiger partial charge in [-0.1, -0.05) is 42.3 Å². The Kier molecular flexibility index (Phi) is 7.25. The molecule has 0 aliphatic rings. The Bertz CT molecular complexity index is 1250. The number of hydrogen-bond acceptors (Lipinski definition) is 5. The van der Waals surface area contributed by atoms with E-state index in [1.54, 1.807) is 44.3 Å². The molecular formula is C24H24N4O3S. The second kappa shape index (κ2) is 10.1. The summed E-state index contributed by atoms with van der Waals surface area (Å²) in [5.41, 5.74) is 1.29. The number of sulfonamides is 1. The maximum absolute atomic E-state index is 13.1. The quantitative estimate of drug-likeness (QED) is 0.566. The summed E-state index contributed by atoms with van der Waals surface area (Å²) in [6.45, 7) is 1.72. The number of pyridine rings is 1. The molecule has 8 heteroatoms. The second-order valence-electron chi connectivity index (χ2n) is 6.97. The molecular weight excluding hydrogens is 424 g/mol. The molecule has 164 valence electrons. The standard InChI is InChI=1S/C24H24N4O3S/c1-18(25-2)24(29)27-23-17-16-22(21(26-23)15-14-19-10-6-4-7-11-19)28(3)32(30,31)20-12-8-5-9-13-20/h4-13,16-18,25H,1-3H3,(H,26,27,29).